The van der Waals surface area contributed by atoms with Crippen LogP contribution in [0.3, 0.4) is 0 Å². The molecule has 0 aliphatic rings. The molecule has 3 aromatic rings. The molecule has 2 nitrogen and oxygen atoms in total. The maximum absolute atomic E-state index is 4.37. The summed E-state index contributed by atoms with van der Waals surface area (Å²) in [6.45, 7) is 0. The molecule has 2 heterocycles. The van der Waals surface area contributed by atoms with Crippen molar-refractivity contribution in [2.45, 2.75) is 12.5 Å². The average molecular weight is 347 g/mol. The molecular weight excluding hydrogens is 332 g/mol. The quantitative estimate of drug-likeness (QED) is 0.748. The first-order chi connectivity index (χ1) is 9.76. The van der Waals surface area contributed by atoms with Crippen LogP contribution in [0.15, 0.2) is 52.4 Å². The highest BCUT2D eigenvalue weighted by Gasteiger charge is 2.12. The molecule has 0 aliphatic carbocycles. The molecule has 0 bridgehead atoms. The van der Waals surface area contributed by atoms with Gasteiger partial charge >= 0.3 is 0 Å². The van der Waals surface area contributed by atoms with E-state index in [1.165, 1.54) is 19.6 Å². The highest BCUT2D eigenvalue weighted by Crippen LogP contribution is 2.27. The predicted molar refractivity (Wildman–Crippen MR) is 89.3 cm³/mol. The number of rotatable bonds is 4. The fourth-order valence-corrected chi connectivity index (χ4v) is 3.89. The number of nitrogens with zero attached hydrogens (tertiary/aromatic N) is 1. The number of hydrogen-bond acceptors (Lipinski definition) is 3. The van der Waals surface area contributed by atoms with Gasteiger partial charge < -0.3 is 5.32 Å². The largest absolute Gasteiger partial charge is 0.313 e. The van der Waals surface area contributed by atoms with E-state index in [0.29, 0.717) is 6.04 Å². The SMILES string of the molecule is CNC(Cc1ccc(Br)s1)c1ccc2ncccc2c1. The maximum atomic E-state index is 4.37. The van der Waals surface area contributed by atoms with E-state index in [1.54, 1.807) is 11.3 Å². The molecule has 0 fully saturated rings. The summed E-state index contributed by atoms with van der Waals surface area (Å²) in [5.74, 6) is 0. The Morgan fingerprint density at radius 2 is 2.15 bits per heavy atom. The van der Waals surface area contributed by atoms with Gasteiger partial charge in [0.25, 0.3) is 0 Å². The molecule has 0 saturated carbocycles. The highest BCUT2D eigenvalue weighted by atomic mass is 79.9. The number of pyridine rings is 1. The lowest BCUT2D eigenvalue weighted by Gasteiger charge is -2.16. The van der Waals surface area contributed by atoms with E-state index in [-0.39, 0.29) is 0 Å². The number of hydrogen-bond donors (Lipinski definition) is 1. The molecule has 1 unspecified atom stereocenters. The van der Waals surface area contributed by atoms with Crippen LogP contribution in [0, 0.1) is 0 Å². The van der Waals surface area contributed by atoms with E-state index in [4.69, 9.17) is 0 Å². The van der Waals surface area contributed by atoms with E-state index in [9.17, 15) is 0 Å². The molecule has 0 saturated heterocycles. The predicted octanol–water partition coefficient (Wildman–Crippen LogP) is 4.56. The van der Waals surface area contributed by atoms with Gasteiger partial charge in [-0.3, -0.25) is 4.98 Å². The lowest BCUT2D eigenvalue weighted by molar-refractivity contribution is 0.597. The number of benzene rings is 1. The van der Waals surface area contributed by atoms with Crippen LogP contribution in [0.2, 0.25) is 0 Å². The molecule has 0 spiro atoms. The van der Waals surface area contributed by atoms with E-state index >= 15 is 0 Å². The van der Waals surface area contributed by atoms with Crippen LogP contribution in [0.25, 0.3) is 10.9 Å². The zero-order chi connectivity index (χ0) is 13.9. The molecule has 1 N–H and O–H groups in total. The summed E-state index contributed by atoms with van der Waals surface area (Å²) in [7, 11) is 2.01. The lowest BCUT2D eigenvalue weighted by atomic mass is 10.0. The van der Waals surface area contributed by atoms with E-state index in [1.807, 2.05) is 19.3 Å². The Morgan fingerprint density at radius 3 is 2.90 bits per heavy atom. The topological polar surface area (TPSA) is 24.9 Å². The number of likely N-dealkylation sites (N-methyl/N-ethyl adjacent to an activating group) is 1. The summed E-state index contributed by atoms with van der Waals surface area (Å²) < 4.78 is 1.19. The summed E-state index contributed by atoms with van der Waals surface area (Å²) >= 11 is 5.32. The molecule has 1 atom stereocenters. The molecular formula is C16H15BrN2S. The minimum Gasteiger partial charge on any atom is -0.313 e. The fraction of sp³-hybridized carbons (Fsp3) is 0.188. The van der Waals surface area contributed by atoms with Crippen LogP contribution in [-0.2, 0) is 6.42 Å². The van der Waals surface area contributed by atoms with Gasteiger partial charge in [-0.25, -0.2) is 0 Å². The first-order valence-corrected chi connectivity index (χ1v) is 8.13. The fourth-order valence-electron chi connectivity index (χ4n) is 2.36. The van der Waals surface area contributed by atoms with E-state index in [0.717, 1.165) is 11.9 Å². The number of halogens is 1. The van der Waals surface area contributed by atoms with Gasteiger partial charge in [0, 0.05) is 28.9 Å². The molecule has 0 radical (unpaired) electrons. The summed E-state index contributed by atoms with van der Waals surface area (Å²) in [5, 5.41) is 4.60. The normalized spacial score (nSPS) is 12.7. The van der Waals surface area contributed by atoms with Gasteiger partial charge in [0.1, 0.15) is 0 Å². The Balaban J connectivity index is 1.90. The number of fused-ring (bicyclic) bond motifs is 1. The second-order valence-corrected chi connectivity index (χ2v) is 7.25. The van der Waals surface area contributed by atoms with Crippen molar-refractivity contribution in [3.05, 3.63) is 62.9 Å². The number of aromatic nitrogens is 1. The monoisotopic (exact) mass is 346 g/mol. The van der Waals surface area contributed by atoms with Crippen LogP contribution in [-0.4, -0.2) is 12.0 Å². The van der Waals surface area contributed by atoms with Crippen molar-refractivity contribution in [2.24, 2.45) is 0 Å². The number of nitrogens with one attached hydrogen (secondary N) is 1. The minimum atomic E-state index is 0.324. The molecule has 0 amide bonds. The van der Waals surface area contributed by atoms with Crippen molar-refractivity contribution in [3.63, 3.8) is 0 Å². The Morgan fingerprint density at radius 1 is 1.25 bits per heavy atom. The first kappa shape index (κ1) is 13.7. The average Bonchev–Trinajstić information content (AvgIpc) is 2.89. The molecule has 4 heteroatoms. The highest BCUT2D eigenvalue weighted by molar-refractivity contribution is 9.11. The molecule has 3 rings (SSSR count). The zero-order valence-corrected chi connectivity index (χ0v) is 13.5. The first-order valence-electron chi connectivity index (χ1n) is 6.52. The van der Waals surface area contributed by atoms with E-state index in [2.05, 4.69) is 62.6 Å². The van der Waals surface area contributed by atoms with Gasteiger partial charge in [-0.15, -0.1) is 11.3 Å². The molecule has 2 aromatic heterocycles. The summed E-state index contributed by atoms with van der Waals surface area (Å²) in [6.07, 6.45) is 2.83. The third-order valence-electron chi connectivity index (χ3n) is 3.41. The second-order valence-electron chi connectivity index (χ2n) is 4.71. The second kappa shape index (κ2) is 6.04. The van der Waals surface area contributed by atoms with Crippen LogP contribution in [0.5, 0.6) is 0 Å². The van der Waals surface area contributed by atoms with E-state index < -0.39 is 0 Å². The number of thiophene rings is 1. The van der Waals surface area contributed by atoms with Crippen LogP contribution < -0.4 is 5.32 Å². The summed E-state index contributed by atoms with van der Waals surface area (Å²) in [4.78, 5) is 5.75. The summed E-state index contributed by atoms with van der Waals surface area (Å²) in [5.41, 5.74) is 2.35. The Bertz CT molecular complexity index is 723. The maximum Gasteiger partial charge on any atom is 0.0702 e. The van der Waals surface area contributed by atoms with Crippen LogP contribution in [0.4, 0.5) is 0 Å². The van der Waals surface area contributed by atoms with Gasteiger partial charge in [-0.05, 0) is 58.9 Å². The standard InChI is InChI=1S/C16H15BrN2S/c1-18-15(10-13-5-7-16(17)20-13)12-4-6-14-11(9-12)3-2-8-19-14/h2-9,15,18H,10H2,1H3. The smallest absolute Gasteiger partial charge is 0.0702 e. The van der Waals surface area contributed by atoms with Crippen molar-refractivity contribution in [1.29, 1.82) is 0 Å². The summed E-state index contributed by atoms with van der Waals surface area (Å²) in [6, 6.07) is 15.2. The van der Waals surface area contributed by atoms with Gasteiger partial charge in [-0.2, -0.15) is 0 Å². The van der Waals surface area contributed by atoms with Crippen LogP contribution in [0.1, 0.15) is 16.5 Å². The third-order valence-corrected chi connectivity index (χ3v) is 5.06. The molecule has 20 heavy (non-hydrogen) atoms. The van der Waals surface area contributed by atoms with Gasteiger partial charge in [-0.1, -0.05) is 12.1 Å². The zero-order valence-electron chi connectivity index (χ0n) is 11.1. The van der Waals surface area contributed by atoms with Gasteiger partial charge in [0.2, 0.25) is 0 Å². The van der Waals surface area contributed by atoms with Gasteiger partial charge in [0.15, 0.2) is 0 Å². The molecule has 0 aliphatic heterocycles. The lowest BCUT2D eigenvalue weighted by Crippen LogP contribution is -2.18. The molecule has 102 valence electrons. The van der Waals surface area contributed by atoms with Crippen molar-refractivity contribution >= 4 is 38.2 Å². The Kier molecular flexibility index (Phi) is 4.15. The van der Waals surface area contributed by atoms with Gasteiger partial charge in [0.05, 0.1) is 9.30 Å². The van der Waals surface area contributed by atoms with Crippen molar-refractivity contribution < 1.29 is 0 Å². The van der Waals surface area contributed by atoms with Crippen molar-refractivity contribution in [2.75, 3.05) is 7.05 Å². The van der Waals surface area contributed by atoms with Crippen molar-refractivity contribution in [3.8, 4) is 0 Å². The molecule has 1 aromatic carbocycles. The minimum absolute atomic E-state index is 0.324. The van der Waals surface area contributed by atoms with Crippen LogP contribution >= 0.6 is 27.3 Å². The van der Waals surface area contributed by atoms with Crippen molar-refractivity contribution in [1.82, 2.24) is 10.3 Å². The Hall–Kier alpha value is -1.23. The third kappa shape index (κ3) is 2.92. The Labute approximate surface area is 131 Å².